The molecule has 4 rings (SSSR count). The van der Waals surface area contributed by atoms with E-state index in [-0.39, 0.29) is 5.91 Å². The topological polar surface area (TPSA) is 71.6 Å². The van der Waals surface area contributed by atoms with Crippen molar-refractivity contribution in [1.29, 1.82) is 0 Å². The molecule has 0 saturated carbocycles. The van der Waals surface area contributed by atoms with Gasteiger partial charge in [0.05, 0.1) is 4.91 Å². The van der Waals surface area contributed by atoms with Gasteiger partial charge >= 0.3 is 0 Å². The minimum atomic E-state index is -0.157. The third-order valence-electron chi connectivity index (χ3n) is 3.92. The fraction of sp³-hybridized carbons (Fsp3) is 0.100. The molecule has 0 aliphatic carbocycles. The molecule has 1 aromatic carbocycles. The number of aryl methyl sites for hydroxylation is 1. The number of aliphatic imine (C=N–C) groups is 1. The molecule has 0 bridgehead atoms. The average molecular weight is 443 g/mol. The Kier molecular flexibility index (Phi) is 5.66. The number of carbonyl (C=O) groups excluding carboxylic acids is 1. The fourth-order valence-electron chi connectivity index (χ4n) is 2.65. The van der Waals surface area contributed by atoms with Crippen LogP contribution in [0.4, 0.5) is 5.13 Å². The van der Waals surface area contributed by atoms with Crippen molar-refractivity contribution in [2.75, 3.05) is 6.54 Å². The minimum Gasteiger partial charge on any atom is -0.457 e. The van der Waals surface area contributed by atoms with E-state index in [2.05, 4.69) is 21.8 Å². The number of rotatable bonds is 5. The van der Waals surface area contributed by atoms with E-state index in [0.29, 0.717) is 38.3 Å². The molecule has 1 aliphatic rings. The molecule has 29 heavy (non-hydrogen) atoms. The quantitative estimate of drug-likeness (QED) is 0.382. The molecule has 1 saturated heterocycles. The lowest BCUT2D eigenvalue weighted by Gasteiger charge is -2.11. The summed E-state index contributed by atoms with van der Waals surface area (Å²) in [6.45, 7) is 5.93. The number of carbonyl (C=O) groups is 1. The Balaban J connectivity index is 1.63. The lowest BCUT2D eigenvalue weighted by atomic mass is 10.2. The Hall–Kier alpha value is -2.68. The third kappa shape index (κ3) is 4.34. The van der Waals surface area contributed by atoms with Crippen molar-refractivity contribution in [3.63, 3.8) is 0 Å². The zero-order chi connectivity index (χ0) is 20.4. The number of benzene rings is 1. The number of furan rings is 1. The second-order valence-corrected chi connectivity index (χ2v) is 8.63. The van der Waals surface area contributed by atoms with Gasteiger partial charge in [-0.15, -0.1) is 16.8 Å². The van der Waals surface area contributed by atoms with Gasteiger partial charge in [-0.2, -0.15) is 4.99 Å². The summed E-state index contributed by atoms with van der Waals surface area (Å²) in [5.41, 5.74) is 0.870. The molecule has 1 amide bonds. The van der Waals surface area contributed by atoms with Gasteiger partial charge in [0.15, 0.2) is 5.17 Å². The van der Waals surface area contributed by atoms with Crippen LogP contribution in [0.1, 0.15) is 10.8 Å². The number of hydrogen-bond donors (Lipinski definition) is 0. The van der Waals surface area contributed by atoms with Crippen LogP contribution in [0.15, 0.2) is 63.4 Å². The maximum atomic E-state index is 12.8. The molecule has 9 heteroatoms. The number of aromatic nitrogens is 2. The Bertz CT molecular complexity index is 1150. The molecule has 0 N–H and O–H groups in total. The first-order valence-electron chi connectivity index (χ1n) is 8.60. The van der Waals surface area contributed by atoms with Crippen LogP contribution in [-0.2, 0) is 4.79 Å². The summed E-state index contributed by atoms with van der Waals surface area (Å²) in [5, 5.41) is 10.5. The molecule has 3 aromatic rings. The minimum absolute atomic E-state index is 0.157. The predicted molar refractivity (Wildman–Crippen MR) is 118 cm³/mol. The van der Waals surface area contributed by atoms with Crippen LogP contribution >= 0.6 is 34.7 Å². The van der Waals surface area contributed by atoms with E-state index in [1.807, 2.05) is 37.3 Å². The van der Waals surface area contributed by atoms with Crippen molar-refractivity contribution >= 4 is 57.0 Å². The van der Waals surface area contributed by atoms with Crippen LogP contribution in [-0.4, -0.2) is 32.7 Å². The molecule has 0 spiro atoms. The first-order valence-corrected chi connectivity index (χ1v) is 10.6. The van der Waals surface area contributed by atoms with Gasteiger partial charge in [0.1, 0.15) is 16.5 Å². The summed E-state index contributed by atoms with van der Waals surface area (Å²) in [7, 11) is 0. The Labute approximate surface area is 180 Å². The summed E-state index contributed by atoms with van der Waals surface area (Å²) in [6, 6.07) is 11.1. The predicted octanol–water partition coefficient (Wildman–Crippen LogP) is 5.55. The van der Waals surface area contributed by atoms with Crippen molar-refractivity contribution in [2.24, 2.45) is 4.99 Å². The van der Waals surface area contributed by atoms with E-state index >= 15 is 0 Å². The van der Waals surface area contributed by atoms with E-state index in [1.54, 1.807) is 23.1 Å². The average Bonchev–Trinajstić information content (AvgIpc) is 3.39. The molecule has 1 fully saturated rings. The molecule has 6 nitrogen and oxygen atoms in total. The van der Waals surface area contributed by atoms with Crippen molar-refractivity contribution in [3.8, 4) is 11.3 Å². The smallest absolute Gasteiger partial charge is 0.267 e. The maximum Gasteiger partial charge on any atom is 0.267 e. The van der Waals surface area contributed by atoms with Crippen LogP contribution in [0.2, 0.25) is 5.02 Å². The lowest BCUT2D eigenvalue weighted by Crippen LogP contribution is -2.29. The van der Waals surface area contributed by atoms with Crippen LogP contribution in [0.25, 0.3) is 17.4 Å². The molecule has 1 aliphatic heterocycles. The van der Waals surface area contributed by atoms with Crippen molar-refractivity contribution < 1.29 is 9.21 Å². The number of thioether (sulfide) groups is 1. The van der Waals surface area contributed by atoms with Crippen LogP contribution < -0.4 is 0 Å². The van der Waals surface area contributed by atoms with Crippen molar-refractivity contribution in [2.45, 2.75) is 6.92 Å². The van der Waals surface area contributed by atoms with Gasteiger partial charge in [0.2, 0.25) is 5.13 Å². The summed E-state index contributed by atoms with van der Waals surface area (Å²) < 4.78 is 5.89. The van der Waals surface area contributed by atoms with Gasteiger partial charge < -0.3 is 4.42 Å². The standard InChI is InChI=1S/C20H15ClN4O2S2/c1-3-9-25-18(26)17(29-20(25)22-19-24-23-12(2)28-19)11-15-7-8-16(27-15)13-5-4-6-14(21)10-13/h3-8,10-11H,1,9H2,2H3/b17-11+,22-20+. The first kappa shape index (κ1) is 19.6. The highest BCUT2D eigenvalue weighted by Crippen LogP contribution is 2.35. The Morgan fingerprint density at radius 1 is 1.31 bits per heavy atom. The normalized spacial score (nSPS) is 16.9. The van der Waals surface area contributed by atoms with E-state index < -0.39 is 0 Å². The summed E-state index contributed by atoms with van der Waals surface area (Å²) in [5.74, 6) is 1.09. The monoisotopic (exact) mass is 442 g/mol. The van der Waals surface area contributed by atoms with Crippen molar-refractivity contribution in [3.05, 3.63) is 69.7 Å². The van der Waals surface area contributed by atoms with Gasteiger partial charge in [-0.25, -0.2) is 0 Å². The summed E-state index contributed by atoms with van der Waals surface area (Å²) in [6.07, 6.45) is 3.37. The number of amidine groups is 1. The number of amides is 1. The molecule has 0 atom stereocenters. The van der Waals surface area contributed by atoms with Gasteiger partial charge in [-0.1, -0.05) is 41.1 Å². The second-order valence-electron chi connectivity index (χ2n) is 6.03. The largest absolute Gasteiger partial charge is 0.457 e. The highest BCUT2D eigenvalue weighted by Gasteiger charge is 2.33. The van der Waals surface area contributed by atoms with Gasteiger partial charge in [0.25, 0.3) is 5.91 Å². The van der Waals surface area contributed by atoms with Gasteiger partial charge in [-0.05, 0) is 43.0 Å². The molecule has 0 radical (unpaired) electrons. The fourth-order valence-corrected chi connectivity index (χ4v) is 4.43. The van der Waals surface area contributed by atoms with E-state index in [0.717, 1.165) is 10.6 Å². The van der Waals surface area contributed by atoms with Crippen LogP contribution in [0.3, 0.4) is 0 Å². The van der Waals surface area contributed by atoms with E-state index in [4.69, 9.17) is 16.0 Å². The lowest BCUT2D eigenvalue weighted by molar-refractivity contribution is -0.121. The zero-order valence-electron chi connectivity index (χ0n) is 15.3. The maximum absolute atomic E-state index is 12.8. The zero-order valence-corrected chi connectivity index (χ0v) is 17.7. The Morgan fingerprint density at radius 2 is 2.17 bits per heavy atom. The second kappa shape index (κ2) is 8.36. The van der Waals surface area contributed by atoms with Crippen LogP contribution in [0, 0.1) is 6.92 Å². The van der Waals surface area contributed by atoms with Crippen molar-refractivity contribution in [1.82, 2.24) is 15.1 Å². The van der Waals surface area contributed by atoms with Gasteiger partial charge in [-0.3, -0.25) is 9.69 Å². The SMILES string of the molecule is C=CCN1C(=O)/C(=C\c2ccc(-c3cccc(Cl)c3)o2)S/C1=N/c1nnc(C)s1. The molecule has 3 heterocycles. The van der Waals surface area contributed by atoms with E-state index in [9.17, 15) is 4.79 Å². The summed E-state index contributed by atoms with van der Waals surface area (Å²) >= 11 is 8.69. The molecule has 146 valence electrons. The number of nitrogens with zero attached hydrogens (tertiary/aromatic N) is 4. The van der Waals surface area contributed by atoms with E-state index in [1.165, 1.54) is 23.1 Å². The third-order valence-corrected chi connectivity index (χ3v) is 5.89. The molecular formula is C20H15ClN4O2S2. The molecular weight excluding hydrogens is 428 g/mol. The molecule has 2 aromatic heterocycles. The number of hydrogen-bond acceptors (Lipinski definition) is 7. The highest BCUT2D eigenvalue weighted by molar-refractivity contribution is 8.18. The van der Waals surface area contributed by atoms with Crippen LogP contribution in [0.5, 0.6) is 0 Å². The molecule has 0 unspecified atom stereocenters. The highest BCUT2D eigenvalue weighted by atomic mass is 35.5. The number of halogens is 1. The Morgan fingerprint density at radius 3 is 2.90 bits per heavy atom. The summed E-state index contributed by atoms with van der Waals surface area (Å²) in [4.78, 5) is 19.4. The first-order chi connectivity index (χ1) is 14.0. The van der Waals surface area contributed by atoms with Gasteiger partial charge in [0, 0.05) is 23.2 Å².